The number of aromatic nitrogens is 3. The van der Waals surface area contributed by atoms with Gasteiger partial charge in [0.25, 0.3) is 0 Å². The maximum atomic E-state index is 5.68. The monoisotopic (exact) mass is 238 g/mol. The van der Waals surface area contributed by atoms with E-state index in [0.29, 0.717) is 16.6 Å². The molecule has 0 radical (unpaired) electrons. The Morgan fingerprint density at radius 3 is 2.75 bits per heavy atom. The second-order valence-corrected chi connectivity index (χ2v) is 5.55. The predicted octanol–water partition coefficient (Wildman–Crippen LogP) is 2.80. The Hall–Kier alpha value is -0.970. The number of nitrogens with one attached hydrogen (secondary N) is 1. The standard InChI is InChI=1S/C11H18N4S/c1-11(2)6-4-3-5-7(11)8-13-9(12)15-10(16)14-8/h7H,3-6H2,1-2H3,(H3,12,13,14,15,16). The van der Waals surface area contributed by atoms with Crippen molar-refractivity contribution in [3.05, 3.63) is 10.6 Å². The fourth-order valence-corrected chi connectivity index (χ4v) is 2.78. The van der Waals surface area contributed by atoms with Crippen LogP contribution < -0.4 is 5.73 Å². The SMILES string of the molecule is CC1(C)CCCCC1c1nc(=S)nc(N)[nH]1. The molecule has 4 nitrogen and oxygen atoms in total. The molecule has 2 rings (SSSR count). The molecule has 0 spiro atoms. The highest BCUT2D eigenvalue weighted by Gasteiger charge is 2.34. The highest BCUT2D eigenvalue weighted by Crippen LogP contribution is 2.45. The van der Waals surface area contributed by atoms with Gasteiger partial charge in [0, 0.05) is 5.92 Å². The van der Waals surface area contributed by atoms with Crippen LogP contribution in [0.5, 0.6) is 0 Å². The molecule has 1 saturated carbocycles. The second-order valence-electron chi connectivity index (χ2n) is 5.19. The lowest BCUT2D eigenvalue weighted by Gasteiger charge is -2.37. The average molecular weight is 238 g/mol. The third-order valence-corrected chi connectivity index (χ3v) is 3.71. The molecule has 1 unspecified atom stereocenters. The average Bonchev–Trinajstić information content (AvgIpc) is 2.15. The predicted molar refractivity (Wildman–Crippen MR) is 66.6 cm³/mol. The van der Waals surface area contributed by atoms with Gasteiger partial charge in [0.15, 0.2) is 0 Å². The first-order chi connectivity index (χ1) is 7.49. The minimum atomic E-state index is 0.261. The van der Waals surface area contributed by atoms with E-state index in [1.165, 1.54) is 19.3 Å². The van der Waals surface area contributed by atoms with Crippen molar-refractivity contribution in [2.24, 2.45) is 5.41 Å². The van der Waals surface area contributed by atoms with Crippen molar-refractivity contribution in [3.8, 4) is 0 Å². The van der Waals surface area contributed by atoms with Crippen molar-refractivity contribution in [2.75, 3.05) is 5.73 Å². The topological polar surface area (TPSA) is 67.6 Å². The van der Waals surface area contributed by atoms with E-state index in [2.05, 4.69) is 28.8 Å². The number of aromatic amines is 1. The van der Waals surface area contributed by atoms with Crippen LogP contribution in [0.25, 0.3) is 0 Å². The molecule has 5 heteroatoms. The highest BCUT2D eigenvalue weighted by molar-refractivity contribution is 7.71. The zero-order valence-corrected chi connectivity index (χ0v) is 10.6. The molecule has 1 atom stereocenters. The molecule has 1 aromatic rings. The summed E-state index contributed by atoms with van der Waals surface area (Å²) in [7, 11) is 0. The van der Waals surface area contributed by atoms with E-state index in [0.717, 1.165) is 12.2 Å². The zero-order chi connectivity index (χ0) is 11.8. The van der Waals surface area contributed by atoms with Crippen LogP contribution in [0.3, 0.4) is 0 Å². The van der Waals surface area contributed by atoms with Crippen LogP contribution in [0.1, 0.15) is 51.3 Å². The van der Waals surface area contributed by atoms with Gasteiger partial charge in [0.1, 0.15) is 5.82 Å². The molecule has 16 heavy (non-hydrogen) atoms. The van der Waals surface area contributed by atoms with Gasteiger partial charge >= 0.3 is 0 Å². The lowest BCUT2D eigenvalue weighted by Crippen LogP contribution is -2.28. The number of nitrogen functional groups attached to an aromatic ring is 1. The minimum Gasteiger partial charge on any atom is -0.369 e. The van der Waals surface area contributed by atoms with Crippen LogP contribution in [0.4, 0.5) is 5.95 Å². The Morgan fingerprint density at radius 2 is 2.12 bits per heavy atom. The van der Waals surface area contributed by atoms with E-state index >= 15 is 0 Å². The molecule has 1 fully saturated rings. The molecule has 1 aliphatic carbocycles. The first-order valence-electron chi connectivity index (χ1n) is 5.73. The summed E-state index contributed by atoms with van der Waals surface area (Å²) in [4.78, 5) is 11.3. The molecule has 1 aromatic heterocycles. The Labute approximate surface area is 101 Å². The van der Waals surface area contributed by atoms with Gasteiger partial charge in [0.2, 0.25) is 10.7 Å². The number of rotatable bonds is 1. The molecule has 3 N–H and O–H groups in total. The second kappa shape index (κ2) is 4.13. The first-order valence-corrected chi connectivity index (χ1v) is 6.13. The molecule has 1 aliphatic rings. The summed E-state index contributed by atoms with van der Waals surface area (Å²) >= 11 is 5.01. The van der Waals surface area contributed by atoms with Gasteiger partial charge < -0.3 is 10.7 Å². The summed E-state index contributed by atoms with van der Waals surface area (Å²) in [6.45, 7) is 4.57. The van der Waals surface area contributed by atoms with Crippen molar-refractivity contribution in [1.82, 2.24) is 15.0 Å². The third kappa shape index (κ3) is 2.24. The van der Waals surface area contributed by atoms with Gasteiger partial charge in [-0.25, -0.2) is 4.98 Å². The van der Waals surface area contributed by atoms with Gasteiger partial charge in [0.05, 0.1) is 0 Å². The number of hydrogen-bond donors (Lipinski definition) is 2. The fourth-order valence-electron chi connectivity index (χ4n) is 2.58. The quantitative estimate of drug-likeness (QED) is 0.738. The summed E-state index contributed by atoms with van der Waals surface area (Å²) in [6, 6.07) is 0. The van der Waals surface area contributed by atoms with E-state index in [1.54, 1.807) is 0 Å². The normalized spacial score (nSPS) is 24.2. The summed E-state index contributed by atoms with van der Waals surface area (Å²) in [5.74, 6) is 1.69. The molecule has 0 aromatic carbocycles. The number of anilines is 1. The molecule has 88 valence electrons. The van der Waals surface area contributed by atoms with Gasteiger partial charge in [-0.2, -0.15) is 4.98 Å². The summed E-state index contributed by atoms with van der Waals surface area (Å²) in [6.07, 6.45) is 4.92. The molecule has 1 heterocycles. The van der Waals surface area contributed by atoms with E-state index in [1.807, 2.05) is 0 Å². The van der Waals surface area contributed by atoms with Crippen LogP contribution in [0.15, 0.2) is 0 Å². The van der Waals surface area contributed by atoms with E-state index in [9.17, 15) is 0 Å². The molecule has 0 amide bonds. The summed E-state index contributed by atoms with van der Waals surface area (Å²) in [5, 5.41) is 0. The van der Waals surface area contributed by atoms with Crippen molar-refractivity contribution in [1.29, 1.82) is 0 Å². The van der Waals surface area contributed by atoms with E-state index in [-0.39, 0.29) is 5.41 Å². The van der Waals surface area contributed by atoms with Crippen LogP contribution in [0.2, 0.25) is 0 Å². The van der Waals surface area contributed by atoms with Crippen LogP contribution in [-0.4, -0.2) is 15.0 Å². The summed E-state index contributed by atoms with van der Waals surface area (Å²) < 4.78 is 0.340. The zero-order valence-electron chi connectivity index (χ0n) is 9.79. The smallest absolute Gasteiger partial charge is 0.224 e. The Balaban J connectivity index is 2.38. The molecular weight excluding hydrogens is 220 g/mol. The largest absolute Gasteiger partial charge is 0.369 e. The fraction of sp³-hybridized carbons (Fsp3) is 0.727. The van der Waals surface area contributed by atoms with Crippen molar-refractivity contribution in [2.45, 2.75) is 45.4 Å². The minimum absolute atomic E-state index is 0.261. The van der Waals surface area contributed by atoms with Gasteiger partial charge in [-0.1, -0.05) is 26.7 Å². The van der Waals surface area contributed by atoms with Gasteiger partial charge in [-0.05, 0) is 30.5 Å². The van der Waals surface area contributed by atoms with Crippen LogP contribution in [-0.2, 0) is 0 Å². The molecule has 0 saturated heterocycles. The van der Waals surface area contributed by atoms with Crippen molar-refractivity contribution < 1.29 is 0 Å². The molecule has 0 bridgehead atoms. The molecule has 0 aliphatic heterocycles. The number of H-pyrrole nitrogens is 1. The molecular formula is C11H18N4S. The Kier molecular flexibility index (Phi) is 2.97. The lowest BCUT2D eigenvalue weighted by molar-refractivity contribution is 0.192. The number of nitrogens with zero attached hydrogens (tertiary/aromatic N) is 2. The third-order valence-electron chi connectivity index (χ3n) is 3.53. The van der Waals surface area contributed by atoms with Gasteiger partial charge in [-0.15, -0.1) is 0 Å². The van der Waals surface area contributed by atoms with Gasteiger partial charge in [-0.3, -0.25) is 0 Å². The van der Waals surface area contributed by atoms with E-state index < -0.39 is 0 Å². The number of hydrogen-bond acceptors (Lipinski definition) is 4. The van der Waals surface area contributed by atoms with E-state index in [4.69, 9.17) is 18.0 Å². The van der Waals surface area contributed by atoms with Crippen LogP contribution in [0, 0.1) is 10.2 Å². The first kappa shape index (κ1) is 11.5. The highest BCUT2D eigenvalue weighted by atomic mass is 32.1. The Bertz CT molecular complexity index is 438. The van der Waals surface area contributed by atoms with Crippen molar-refractivity contribution >= 4 is 18.2 Å². The van der Waals surface area contributed by atoms with Crippen molar-refractivity contribution in [3.63, 3.8) is 0 Å². The maximum absolute atomic E-state index is 5.68. The Morgan fingerprint density at radius 1 is 1.38 bits per heavy atom. The number of nitrogens with two attached hydrogens (primary N) is 1. The van der Waals surface area contributed by atoms with Crippen LogP contribution >= 0.6 is 12.2 Å². The maximum Gasteiger partial charge on any atom is 0.224 e. The summed E-state index contributed by atoms with van der Waals surface area (Å²) in [5.41, 5.74) is 5.94. The lowest BCUT2D eigenvalue weighted by atomic mass is 9.68.